The molecule has 1 atom stereocenters. The molecule has 0 saturated heterocycles. The van der Waals surface area contributed by atoms with Gasteiger partial charge >= 0.3 is 0 Å². The van der Waals surface area contributed by atoms with Crippen molar-refractivity contribution in [2.24, 2.45) is 7.05 Å². The molecule has 1 aromatic carbocycles. The highest BCUT2D eigenvalue weighted by Gasteiger charge is 2.13. The summed E-state index contributed by atoms with van der Waals surface area (Å²) in [6.45, 7) is 1.00. The van der Waals surface area contributed by atoms with Crippen LogP contribution in [0.3, 0.4) is 0 Å². The number of nitrogens with one attached hydrogen (secondary N) is 1. The summed E-state index contributed by atoms with van der Waals surface area (Å²) in [7, 11) is 1.89. The van der Waals surface area contributed by atoms with E-state index in [1.165, 1.54) is 0 Å². The monoisotopic (exact) mass is 342 g/mol. The summed E-state index contributed by atoms with van der Waals surface area (Å²) < 4.78 is 1.78. The molecule has 124 valence electrons. The molecule has 0 bridgehead atoms. The second-order valence-corrected chi connectivity index (χ2v) is 5.99. The van der Waals surface area contributed by atoms with E-state index in [-0.39, 0.29) is 0 Å². The van der Waals surface area contributed by atoms with Crippen LogP contribution in [0, 0.1) is 0 Å². The summed E-state index contributed by atoms with van der Waals surface area (Å²) in [5, 5.41) is 18.6. The maximum atomic E-state index is 10.3. The molecule has 2 heterocycles. The predicted octanol–water partition coefficient (Wildman–Crippen LogP) is 2.96. The quantitative estimate of drug-likeness (QED) is 0.723. The van der Waals surface area contributed by atoms with Gasteiger partial charge in [0.05, 0.1) is 11.8 Å². The summed E-state index contributed by atoms with van der Waals surface area (Å²) >= 11 is 6.12. The van der Waals surface area contributed by atoms with Crippen molar-refractivity contribution in [3.8, 4) is 11.3 Å². The lowest BCUT2D eigenvalue weighted by Gasteiger charge is -2.13. The lowest BCUT2D eigenvalue weighted by molar-refractivity contribution is 0.174. The molecule has 0 radical (unpaired) electrons. The average molecular weight is 343 g/mol. The number of aromatic nitrogens is 3. The van der Waals surface area contributed by atoms with E-state index in [9.17, 15) is 5.11 Å². The molecule has 0 fully saturated rings. The van der Waals surface area contributed by atoms with E-state index in [4.69, 9.17) is 11.6 Å². The van der Waals surface area contributed by atoms with E-state index >= 15 is 0 Å². The zero-order valence-corrected chi connectivity index (χ0v) is 14.1. The molecule has 0 aliphatic heterocycles. The van der Waals surface area contributed by atoms with Crippen LogP contribution in [0.15, 0.2) is 55.0 Å². The number of hydrogen-bond donors (Lipinski definition) is 2. The van der Waals surface area contributed by atoms with Gasteiger partial charge in [-0.05, 0) is 18.2 Å². The van der Waals surface area contributed by atoms with Crippen LogP contribution >= 0.6 is 11.6 Å². The van der Waals surface area contributed by atoms with Crippen LogP contribution in [-0.4, -0.2) is 26.4 Å². The minimum Gasteiger partial charge on any atom is -0.387 e. The smallest absolute Gasteiger partial charge is 0.0983 e. The van der Waals surface area contributed by atoms with Gasteiger partial charge in [-0.2, -0.15) is 5.10 Å². The molecule has 1 unspecified atom stereocenters. The summed E-state index contributed by atoms with van der Waals surface area (Å²) in [6.07, 6.45) is 4.85. The molecule has 0 spiro atoms. The highest BCUT2D eigenvalue weighted by atomic mass is 35.5. The third kappa shape index (κ3) is 3.82. The number of benzene rings is 1. The number of nitrogens with zero attached hydrogens (tertiary/aromatic N) is 3. The Labute approximate surface area is 145 Å². The molecule has 0 saturated carbocycles. The second-order valence-electron chi connectivity index (χ2n) is 5.59. The highest BCUT2D eigenvalue weighted by molar-refractivity contribution is 6.31. The van der Waals surface area contributed by atoms with Crippen molar-refractivity contribution in [2.45, 2.75) is 12.6 Å². The van der Waals surface area contributed by atoms with Crippen LogP contribution in [-0.2, 0) is 13.6 Å². The molecule has 2 aromatic heterocycles. The van der Waals surface area contributed by atoms with Crippen LogP contribution in [0.2, 0.25) is 5.02 Å². The first-order valence-electron chi connectivity index (χ1n) is 7.71. The van der Waals surface area contributed by atoms with Crippen molar-refractivity contribution >= 4 is 11.6 Å². The van der Waals surface area contributed by atoms with Crippen LogP contribution in [0.4, 0.5) is 0 Å². The molecular formula is C18H19ClN4O. The molecule has 0 aliphatic carbocycles. The van der Waals surface area contributed by atoms with Crippen molar-refractivity contribution in [3.05, 3.63) is 71.1 Å². The summed E-state index contributed by atoms with van der Waals surface area (Å²) in [5.41, 5.74) is 3.65. The minimum absolute atomic E-state index is 0.408. The first kappa shape index (κ1) is 16.6. The largest absolute Gasteiger partial charge is 0.387 e. The van der Waals surface area contributed by atoms with Crippen molar-refractivity contribution in [3.63, 3.8) is 0 Å². The number of aliphatic hydroxyl groups is 1. The highest BCUT2D eigenvalue weighted by Crippen LogP contribution is 2.23. The average Bonchev–Trinajstić information content (AvgIpc) is 2.97. The zero-order valence-electron chi connectivity index (χ0n) is 13.4. The third-order valence-corrected chi connectivity index (χ3v) is 4.10. The van der Waals surface area contributed by atoms with Gasteiger partial charge in [0.15, 0.2) is 0 Å². The molecular weight excluding hydrogens is 324 g/mol. The molecule has 3 rings (SSSR count). The van der Waals surface area contributed by atoms with Gasteiger partial charge in [0.1, 0.15) is 0 Å². The maximum absolute atomic E-state index is 10.3. The third-order valence-electron chi connectivity index (χ3n) is 3.76. The number of aliphatic hydroxyl groups excluding tert-OH is 1. The fourth-order valence-electron chi connectivity index (χ4n) is 2.61. The Balaban J connectivity index is 1.67. The summed E-state index contributed by atoms with van der Waals surface area (Å²) in [6, 6.07) is 11.2. The lowest BCUT2D eigenvalue weighted by atomic mass is 10.1. The Hall–Kier alpha value is -2.21. The molecule has 0 aliphatic rings. The standard InChI is InChI=1S/C18H19ClN4O/c1-23-12-14(18(22-23)13-5-4-8-20-9-13)10-21-11-17(24)15-6-2-3-7-16(15)19/h2-9,12,17,21,24H,10-11H2,1H3. The normalized spacial score (nSPS) is 12.3. The fraction of sp³-hybridized carbons (Fsp3) is 0.222. The number of pyridine rings is 1. The molecule has 2 N–H and O–H groups in total. The van der Waals surface area contributed by atoms with E-state index in [0.717, 1.165) is 22.4 Å². The zero-order chi connectivity index (χ0) is 16.9. The topological polar surface area (TPSA) is 63.0 Å². The second kappa shape index (κ2) is 7.57. The molecule has 6 heteroatoms. The molecule has 5 nitrogen and oxygen atoms in total. The fourth-order valence-corrected chi connectivity index (χ4v) is 2.87. The Morgan fingerprint density at radius 3 is 2.83 bits per heavy atom. The van der Waals surface area contributed by atoms with Crippen molar-refractivity contribution < 1.29 is 5.11 Å². The SMILES string of the molecule is Cn1cc(CNCC(O)c2ccccc2Cl)c(-c2cccnc2)n1. The lowest BCUT2D eigenvalue weighted by Crippen LogP contribution is -2.21. The van der Waals surface area contributed by atoms with Gasteiger partial charge in [-0.25, -0.2) is 0 Å². The van der Waals surface area contributed by atoms with Crippen molar-refractivity contribution in [1.82, 2.24) is 20.1 Å². The van der Waals surface area contributed by atoms with Gasteiger partial charge in [-0.15, -0.1) is 0 Å². The van der Waals surface area contributed by atoms with E-state index in [2.05, 4.69) is 15.4 Å². The van der Waals surface area contributed by atoms with Gasteiger partial charge in [0.2, 0.25) is 0 Å². The van der Waals surface area contributed by atoms with Crippen LogP contribution in [0.5, 0.6) is 0 Å². The molecule has 24 heavy (non-hydrogen) atoms. The van der Waals surface area contributed by atoms with Crippen molar-refractivity contribution in [1.29, 1.82) is 0 Å². The van der Waals surface area contributed by atoms with E-state index in [0.29, 0.717) is 18.1 Å². The van der Waals surface area contributed by atoms with Crippen LogP contribution in [0.25, 0.3) is 11.3 Å². The summed E-state index contributed by atoms with van der Waals surface area (Å²) in [5.74, 6) is 0. The number of aryl methyl sites for hydroxylation is 1. The predicted molar refractivity (Wildman–Crippen MR) is 94.6 cm³/mol. The number of halogens is 1. The Morgan fingerprint density at radius 2 is 2.08 bits per heavy atom. The Kier molecular flexibility index (Phi) is 5.25. The van der Waals surface area contributed by atoms with Crippen molar-refractivity contribution in [2.75, 3.05) is 6.54 Å². The van der Waals surface area contributed by atoms with E-state index < -0.39 is 6.10 Å². The van der Waals surface area contributed by atoms with Gasteiger partial charge in [0.25, 0.3) is 0 Å². The number of rotatable bonds is 6. The molecule has 0 amide bonds. The van der Waals surface area contributed by atoms with Gasteiger partial charge in [0, 0.05) is 60.4 Å². The summed E-state index contributed by atoms with van der Waals surface area (Å²) in [4.78, 5) is 4.14. The molecule has 3 aromatic rings. The number of hydrogen-bond acceptors (Lipinski definition) is 4. The van der Waals surface area contributed by atoms with Gasteiger partial charge in [-0.3, -0.25) is 9.67 Å². The maximum Gasteiger partial charge on any atom is 0.0983 e. The van der Waals surface area contributed by atoms with Crippen LogP contribution in [0.1, 0.15) is 17.2 Å². The van der Waals surface area contributed by atoms with E-state index in [1.807, 2.05) is 43.6 Å². The van der Waals surface area contributed by atoms with Gasteiger partial charge < -0.3 is 10.4 Å². The first-order valence-corrected chi connectivity index (χ1v) is 8.09. The van der Waals surface area contributed by atoms with E-state index in [1.54, 1.807) is 23.1 Å². The first-order chi connectivity index (χ1) is 11.6. The Bertz CT molecular complexity index is 804. The van der Waals surface area contributed by atoms with Crippen LogP contribution < -0.4 is 5.32 Å². The van der Waals surface area contributed by atoms with Gasteiger partial charge in [-0.1, -0.05) is 29.8 Å². The Morgan fingerprint density at radius 1 is 1.25 bits per heavy atom. The minimum atomic E-state index is -0.655.